The van der Waals surface area contributed by atoms with Gasteiger partial charge in [0.05, 0.1) is 0 Å². The molecule has 0 fully saturated rings. The largest absolute Gasteiger partial charge is 0.383 e. The number of hydrogen-bond acceptors (Lipinski definition) is 3. The fourth-order valence-electron chi connectivity index (χ4n) is 2.06. The summed E-state index contributed by atoms with van der Waals surface area (Å²) in [5.41, 5.74) is 8.53. The molecule has 0 aromatic heterocycles. The van der Waals surface area contributed by atoms with E-state index in [1.165, 1.54) is 16.1 Å². The van der Waals surface area contributed by atoms with E-state index in [0.717, 1.165) is 25.3 Å². The molecular weight excluding hydrogens is 216 g/mol. The summed E-state index contributed by atoms with van der Waals surface area (Å²) in [4.78, 5) is 1.38. The van der Waals surface area contributed by atoms with Crippen LogP contribution in [0, 0.1) is 0 Å². The predicted molar refractivity (Wildman–Crippen MR) is 72.4 cm³/mol. The van der Waals surface area contributed by atoms with Crippen LogP contribution in [-0.4, -0.2) is 18.8 Å². The van der Waals surface area contributed by atoms with E-state index in [0.29, 0.717) is 0 Å². The Morgan fingerprint density at radius 2 is 2.25 bits per heavy atom. The molecule has 2 nitrogen and oxygen atoms in total. The molecule has 1 aliphatic heterocycles. The van der Waals surface area contributed by atoms with Crippen molar-refractivity contribution < 1.29 is 0 Å². The smallest absolute Gasteiger partial charge is 0.0478 e. The second kappa shape index (κ2) is 4.68. The second-order valence-corrected chi connectivity index (χ2v) is 6.05. The topological polar surface area (TPSA) is 38.0 Å². The lowest BCUT2D eigenvalue weighted by molar-refractivity contribution is 0.487. The molecule has 88 valence electrons. The monoisotopic (exact) mass is 236 g/mol. The van der Waals surface area contributed by atoms with Crippen LogP contribution < -0.4 is 11.1 Å². The fourth-order valence-corrected chi connectivity index (χ4v) is 2.99. The molecule has 0 unspecified atom stereocenters. The van der Waals surface area contributed by atoms with Crippen LogP contribution in [0.15, 0.2) is 23.1 Å². The molecule has 1 aromatic carbocycles. The molecule has 0 amide bonds. The van der Waals surface area contributed by atoms with E-state index in [-0.39, 0.29) is 5.41 Å². The molecular formula is C13H20N2S. The van der Waals surface area contributed by atoms with Crippen LogP contribution in [0.3, 0.4) is 0 Å². The van der Waals surface area contributed by atoms with E-state index in [1.54, 1.807) is 0 Å². The zero-order valence-corrected chi connectivity index (χ0v) is 10.9. The average Bonchev–Trinajstić information content (AvgIpc) is 2.28. The Labute approximate surface area is 102 Å². The van der Waals surface area contributed by atoms with Crippen LogP contribution >= 0.6 is 11.8 Å². The highest BCUT2D eigenvalue weighted by molar-refractivity contribution is 7.99. The molecule has 1 aromatic rings. The van der Waals surface area contributed by atoms with E-state index in [9.17, 15) is 0 Å². The molecule has 0 saturated heterocycles. The van der Waals surface area contributed by atoms with E-state index >= 15 is 0 Å². The third kappa shape index (κ3) is 2.36. The van der Waals surface area contributed by atoms with Gasteiger partial charge in [0.1, 0.15) is 0 Å². The molecule has 0 aliphatic carbocycles. The summed E-state index contributed by atoms with van der Waals surface area (Å²) in [6, 6.07) is 6.75. The predicted octanol–water partition coefficient (Wildman–Crippen LogP) is 2.83. The van der Waals surface area contributed by atoms with Crippen LogP contribution in [0.1, 0.15) is 25.8 Å². The molecule has 2 rings (SSSR count). The van der Waals surface area contributed by atoms with Gasteiger partial charge in [-0.1, -0.05) is 19.9 Å². The molecule has 1 heterocycles. The molecule has 0 spiro atoms. The minimum atomic E-state index is 0.182. The second-order valence-electron chi connectivity index (χ2n) is 4.91. The molecule has 0 atom stereocenters. The van der Waals surface area contributed by atoms with E-state index in [1.807, 2.05) is 11.8 Å². The lowest BCUT2D eigenvalue weighted by Crippen LogP contribution is -2.22. The number of thioether (sulfide) groups is 1. The van der Waals surface area contributed by atoms with Gasteiger partial charge in [-0.05, 0) is 36.1 Å². The van der Waals surface area contributed by atoms with Crippen molar-refractivity contribution in [3.8, 4) is 0 Å². The highest BCUT2D eigenvalue weighted by atomic mass is 32.2. The lowest BCUT2D eigenvalue weighted by atomic mass is 9.81. The minimum Gasteiger partial charge on any atom is -0.383 e. The normalized spacial score (nSPS) is 15.4. The quantitative estimate of drug-likeness (QED) is 0.847. The highest BCUT2D eigenvalue weighted by Crippen LogP contribution is 2.36. The van der Waals surface area contributed by atoms with Crippen molar-refractivity contribution in [1.82, 2.24) is 0 Å². The molecule has 0 radical (unpaired) electrons. The van der Waals surface area contributed by atoms with Crippen molar-refractivity contribution in [2.75, 3.05) is 24.2 Å². The van der Waals surface area contributed by atoms with Crippen molar-refractivity contribution in [2.45, 2.75) is 30.6 Å². The average molecular weight is 236 g/mol. The Bertz CT molecular complexity index is 374. The van der Waals surface area contributed by atoms with Gasteiger partial charge in [-0.15, -0.1) is 11.8 Å². The van der Waals surface area contributed by atoms with Gasteiger partial charge in [-0.3, -0.25) is 0 Å². The number of nitrogens with two attached hydrogens (primary N) is 1. The SMILES string of the molecule is CC(C)(CCN)c1ccc2c(c1)SCCN2. The standard InChI is InChI=1S/C13H20N2S/c1-13(2,5-6-14)10-3-4-11-12(9-10)16-8-7-15-11/h3-4,9,15H,5-8,14H2,1-2H3. The van der Waals surface area contributed by atoms with Crippen LogP contribution in [0.25, 0.3) is 0 Å². The Hall–Kier alpha value is -0.670. The lowest BCUT2D eigenvalue weighted by Gasteiger charge is -2.27. The summed E-state index contributed by atoms with van der Waals surface area (Å²) >= 11 is 1.94. The molecule has 1 aliphatic rings. The van der Waals surface area contributed by atoms with Gasteiger partial charge in [-0.2, -0.15) is 0 Å². The Morgan fingerprint density at radius 1 is 1.44 bits per heavy atom. The maximum absolute atomic E-state index is 5.67. The first-order valence-electron chi connectivity index (χ1n) is 5.85. The zero-order valence-electron chi connectivity index (χ0n) is 10.0. The zero-order chi connectivity index (χ0) is 11.6. The van der Waals surface area contributed by atoms with Crippen LogP contribution in [0.5, 0.6) is 0 Å². The van der Waals surface area contributed by atoms with Gasteiger partial charge < -0.3 is 11.1 Å². The van der Waals surface area contributed by atoms with E-state index in [4.69, 9.17) is 5.73 Å². The molecule has 16 heavy (non-hydrogen) atoms. The Morgan fingerprint density at radius 3 is 3.00 bits per heavy atom. The fraction of sp³-hybridized carbons (Fsp3) is 0.538. The van der Waals surface area contributed by atoms with Crippen LogP contribution in [-0.2, 0) is 5.41 Å². The number of benzene rings is 1. The van der Waals surface area contributed by atoms with E-state index < -0.39 is 0 Å². The molecule has 3 heteroatoms. The Kier molecular flexibility index (Phi) is 3.45. The van der Waals surface area contributed by atoms with Gasteiger partial charge in [-0.25, -0.2) is 0 Å². The van der Waals surface area contributed by atoms with Gasteiger partial charge in [0.25, 0.3) is 0 Å². The van der Waals surface area contributed by atoms with Crippen LogP contribution in [0.2, 0.25) is 0 Å². The number of rotatable bonds is 3. The summed E-state index contributed by atoms with van der Waals surface area (Å²) in [6.07, 6.45) is 1.03. The molecule has 0 bridgehead atoms. The van der Waals surface area contributed by atoms with E-state index in [2.05, 4.69) is 37.4 Å². The summed E-state index contributed by atoms with van der Waals surface area (Å²) < 4.78 is 0. The summed E-state index contributed by atoms with van der Waals surface area (Å²) in [7, 11) is 0. The first-order chi connectivity index (χ1) is 7.63. The number of nitrogens with one attached hydrogen (secondary N) is 1. The number of hydrogen-bond donors (Lipinski definition) is 2. The van der Waals surface area contributed by atoms with Gasteiger partial charge >= 0.3 is 0 Å². The number of anilines is 1. The van der Waals surface area contributed by atoms with Gasteiger partial charge in [0.2, 0.25) is 0 Å². The third-order valence-corrected chi connectivity index (χ3v) is 4.26. The van der Waals surface area contributed by atoms with Crippen molar-refractivity contribution in [3.63, 3.8) is 0 Å². The Balaban J connectivity index is 2.29. The third-order valence-electron chi connectivity index (χ3n) is 3.21. The van der Waals surface area contributed by atoms with Gasteiger partial charge in [0.15, 0.2) is 0 Å². The maximum Gasteiger partial charge on any atom is 0.0478 e. The first-order valence-corrected chi connectivity index (χ1v) is 6.83. The molecule has 3 N–H and O–H groups in total. The molecule has 0 saturated carbocycles. The summed E-state index contributed by atoms with van der Waals surface area (Å²) in [5, 5.41) is 3.43. The summed E-state index contributed by atoms with van der Waals surface area (Å²) in [5.74, 6) is 1.16. The first kappa shape index (κ1) is 11.8. The van der Waals surface area contributed by atoms with Crippen molar-refractivity contribution in [1.29, 1.82) is 0 Å². The van der Waals surface area contributed by atoms with Crippen LogP contribution in [0.4, 0.5) is 5.69 Å². The van der Waals surface area contributed by atoms with Gasteiger partial charge in [0, 0.05) is 22.9 Å². The number of fused-ring (bicyclic) bond motifs is 1. The van der Waals surface area contributed by atoms with Crippen molar-refractivity contribution in [2.24, 2.45) is 5.73 Å². The van der Waals surface area contributed by atoms with Crippen molar-refractivity contribution >= 4 is 17.4 Å². The highest BCUT2D eigenvalue weighted by Gasteiger charge is 2.21. The minimum absolute atomic E-state index is 0.182. The van der Waals surface area contributed by atoms with Crippen molar-refractivity contribution in [3.05, 3.63) is 23.8 Å². The summed E-state index contributed by atoms with van der Waals surface area (Å²) in [6.45, 7) is 6.35. The maximum atomic E-state index is 5.67.